The number of hydrogen-bond donors (Lipinski definition) is 3. The van der Waals surface area contributed by atoms with E-state index in [1.807, 2.05) is 36.4 Å². The molecule has 0 unspecified atom stereocenters. The molecule has 2 aromatic rings. The second-order valence-electron chi connectivity index (χ2n) is 7.27. The van der Waals surface area contributed by atoms with Crippen molar-refractivity contribution in [3.63, 3.8) is 0 Å². The maximum atomic E-state index is 12.4. The third kappa shape index (κ3) is 3.99. The average Bonchev–Trinajstić information content (AvgIpc) is 3.33. The minimum atomic E-state index is -1.15. The molecule has 1 aliphatic carbocycles. The lowest BCUT2D eigenvalue weighted by Gasteiger charge is -2.20. The Morgan fingerprint density at radius 3 is 2.30 bits per heavy atom. The first kappa shape index (κ1) is 19.9. The van der Waals surface area contributed by atoms with Gasteiger partial charge >= 0.3 is 12.1 Å². The second kappa shape index (κ2) is 8.54. The molecular formula is C22H22N2O6. The van der Waals surface area contributed by atoms with E-state index in [4.69, 9.17) is 14.6 Å². The number of ether oxygens (including phenoxy) is 2. The van der Waals surface area contributed by atoms with Crippen LogP contribution in [-0.2, 0) is 19.1 Å². The van der Waals surface area contributed by atoms with E-state index in [1.165, 1.54) is 0 Å². The summed E-state index contributed by atoms with van der Waals surface area (Å²) in [5, 5.41) is 13.6. The van der Waals surface area contributed by atoms with Gasteiger partial charge in [0.15, 0.2) is 6.10 Å². The van der Waals surface area contributed by atoms with E-state index in [0.29, 0.717) is 13.0 Å². The normalized spacial score (nSPS) is 19.6. The standard InChI is InChI=1S/C22H22N2O6/c25-19(26)11-23-21(27)20-18(9-10-29-20)24-22(28)30-12-17-15-7-3-1-5-13(15)14-6-2-4-8-16(14)17/h1-8,17-18,20H,9-12H2,(H,23,27)(H,24,28)(H,25,26)/t18-,20+/m0/s1. The predicted molar refractivity (Wildman–Crippen MR) is 107 cm³/mol. The minimum absolute atomic E-state index is 0.0577. The Morgan fingerprint density at radius 1 is 1.03 bits per heavy atom. The quantitative estimate of drug-likeness (QED) is 0.670. The number of rotatable bonds is 6. The fourth-order valence-corrected chi connectivity index (χ4v) is 4.05. The third-order valence-electron chi connectivity index (χ3n) is 5.41. The lowest BCUT2D eigenvalue weighted by molar-refractivity contribution is -0.140. The van der Waals surface area contributed by atoms with Crippen molar-refractivity contribution in [3.05, 3.63) is 59.7 Å². The molecule has 1 fully saturated rings. The molecule has 2 atom stereocenters. The van der Waals surface area contributed by atoms with Crippen LogP contribution in [0.1, 0.15) is 23.5 Å². The van der Waals surface area contributed by atoms with Gasteiger partial charge in [-0.25, -0.2) is 4.79 Å². The fourth-order valence-electron chi connectivity index (χ4n) is 4.05. The first-order chi connectivity index (χ1) is 14.5. The third-order valence-corrected chi connectivity index (χ3v) is 5.41. The molecule has 30 heavy (non-hydrogen) atoms. The van der Waals surface area contributed by atoms with Crippen molar-refractivity contribution in [1.82, 2.24) is 10.6 Å². The summed E-state index contributed by atoms with van der Waals surface area (Å²) in [5.74, 6) is -1.78. The Labute approximate surface area is 173 Å². The van der Waals surface area contributed by atoms with E-state index in [1.54, 1.807) is 0 Å². The maximum absolute atomic E-state index is 12.4. The van der Waals surface area contributed by atoms with Gasteiger partial charge < -0.3 is 25.2 Å². The van der Waals surface area contributed by atoms with Crippen LogP contribution in [0.25, 0.3) is 11.1 Å². The van der Waals surface area contributed by atoms with Gasteiger partial charge in [0.2, 0.25) is 0 Å². The zero-order valence-electron chi connectivity index (χ0n) is 16.2. The highest BCUT2D eigenvalue weighted by Crippen LogP contribution is 2.44. The Bertz CT molecular complexity index is 930. The van der Waals surface area contributed by atoms with Crippen LogP contribution in [0.3, 0.4) is 0 Å². The van der Waals surface area contributed by atoms with Crippen LogP contribution in [0, 0.1) is 0 Å². The van der Waals surface area contributed by atoms with Gasteiger partial charge in [0, 0.05) is 12.5 Å². The van der Waals surface area contributed by atoms with Gasteiger partial charge in [0.1, 0.15) is 13.2 Å². The number of hydrogen-bond acceptors (Lipinski definition) is 5. The van der Waals surface area contributed by atoms with E-state index in [0.717, 1.165) is 22.3 Å². The van der Waals surface area contributed by atoms with E-state index in [9.17, 15) is 14.4 Å². The van der Waals surface area contributed by atoms with E-state index >= 15 is 0 Å². The lowest BCUT2D eigenvalue weighted by Crippen LogP contribution is -2.49. The molecule has 8 heteroatoms. The van der Waals surface area contributed by atoms with Crippen molar-refractivity contribution in [1.29, 1.82) is 0 Å². The fraction of sp³-hybridized carbons (Fsp3) is 0.318. The Hall–Kier alpha value is -3.39. The zero-order valence-corrected chi connectivity index (χ0v) is 16.2. The van der Waals surface area contributed by atoms with Crippen LogP contribution in [0.5, 0.6) is 0 Å². The highest BCUT2D eigenvalue weighted by Gasteiger charge is 2.36. The van der Waals surface area contributed by atoms with E-state index in [2.05, 4.69) is 22.8 Å². The van der Waals surface area contributed by atoms with E-state index < -0.39 is 36.7 Å². The number of nitrogens with one attached hydrogen (secondary N) is 2. The number of fused-ring (bicyclic) bond motifs is 3. The van der Waals surface area contributed by atoms with Gasteiger partial charge in [-0.05, 0) is 28.7 Å². The van der Waals surface area contributed by atoms with Crippen LogP contribution in [0.4, 0.5) is 4.79 Å². The summed E-state index contributed by atoms with van der Waals surface area (Å²) in [6.45, 7) is -0.0425. The topological polar surface area (TPSA) is 114 Å². The van der Waals surface area contributed by atoms with Crippen molar-refractivity contribution in [2.24, 2.45) is 0 Å². The molecule has 0 spiro atoms. The first-order valence-corrected chi connectivity index (χ1v) is 9.77. The molecule has 3 N–H and O–H groups in total. The average molecular weight is 410 g/mol. The van der Waals surface area contributed by atoms with Gasteiger partial charge in [-0.2, -0.15) is 0 Å². The number of benzene rings is 2. The van der Waals surface area contributed by atoms with Gasteiger partial charge in [-0.3, -0.25) is 9.59 Å². The molecule has 2 amide bonds. The zero-order chi connectivity index (χ0) is 21.1. The monoisotopic (exact) mass is 410 g/mol. The second-order valence-corrected chi connectivity index (χ2v) is 7.27. The lowest BCUT2D eigenvalue weighted by atomic mass is 9.98. The van der Waals surface area contributed by atoms with Crippen molar-refractivity contribution < 1.29 is 29.0 Å². The molecular weight excluding hydrogens is 388 g/mol. The highest BCUT2D eigenvalue weighted by molar-refractivity contribution is 5.86. The number of carbonyl (C=O) groups excluding carboxylic acids is 2. The molecule has 0 radical (unpaired) electrons. The predicted octanol–water partition coefficient (Wildman–Crippen LogP) is 1.88. The van der Waals surface area contributed by atoms with Crippen LogP contribution in [0.15, 0.2) is 48.5 Å². The molecule has 1 aliphatic heterocycles. The molecule has 0 saturated carbocycles. The van der Waals surface area contributed by atoms with Crippen molar-refractivity contribution in [3.8, 4) is 11.1 Å². The summed E-state index contributed by atoms with van der Waals surface area (Å²) >= 11 is 0. The summed E-state index contributed by atoms with van der Waals surface area (Å²) in [6.07, 6.45) is -1.14. The number of aliphatic carboxylic acids is 1. The minimum Gasteiger partial charge on any atom is -0.480 e. The molecule has 8 nitrogen and oxygen atoms in total. The van der Waals surface area contributed by atoms with Crippen LogP contribution < -0.4 is 10.6 Å². The molecule has 2 aromatic carbocycles. The summed E-state index contributed by atoms with van der Waals surface area (Å²) in [6, 6.07) is 15.5. The number of carbonyl (C=O) groups is 3. The number of carboxylic acids is 1. The van der Waals surface area contributed by atoms with Gasteiger partial charge in [0.05, 0.1) is 6.04 Å². The SMILES string of the molecule is O=C(O)CNC(=O)[C@@H]1OCC[C@@H]1NC(=O)OCC1c2ccccc2-c2ccccc21. The van der Waals surface area contributed by atoms with Gasteiger partial charge in [-0.15, -0.1) is 0 Å². The Kier molecular flexibility index (Phi) is 5.67. The number of carboxylic acid groups (broad SMARTS) is 1. The summed E-state index contributed by atoms with van der Waals surface area (Å²) < 4.78 is 10.9. The van der Waals surface area contributed by atoms with Gasteiger partial charge in [0.25, 0.3) is 5.91 Å². The van der Waals surface area contributed by atoms with Crippen molar-refractivity contribution in [2.45, 2.75) is 24.5 Å². The summed E-state index contributed by atoms with van der Waals surface area (Å²) in [7, 11) is 0. The highest BCUT2D eigenvalue weighted by atomic mass is 16.6. The first-order valence-electron chi connectivity index (χ1n) is 9.77. The van der Waals surface area contributed by atoms with Crippen molar-refractivity contribution in [2.75, 3.05) is 19.8 Å². The largest absolute Gasteiger partial charge is 0.480 e. The van der Waals surface area contributed by atoms with E-state index in [-0.39, 0.29) is 12.5 Å². The number of alkyl carbamates (subject to hydrolysis) is 1. The number of amides is 2. The molecule has 1 heterocycles. The molecule has 1 saturated heterocycles. The van der Waals surface area contributed by atoms with Crippen LogP contribution in [-0.4, -0.2) is 55.0 Å². The smallest absolute Gasteiger partial charge is 0.407 e. The molecule has 156 valence electrons. The maximum Gasteiger partial charge on any atom is 0.407 e. The molecule has 2 aliphatic rings. The van der Waals surface area contributed by atoms with Gasteiger partial charge in [-0.1, -0.05) is 48.5 Å². The molecule has 0 aromatic heterocycles. The Morgan fingerprint density at radius 2 is 1.67 bits per heavy atom. The summed E-state index contributed by atoms with van der Waals surface area (Å²) in [5.41, 5.74) is 4.51. The molecule has 4 rings (SSSR count). The van der Waals surface area contributed by atoms with Crippen LogP contribution >= 0.6 is 0 Å². The van der Waals surface area contributed by atoms with Crippen LogP contribution in [0.2, 0.25) is 0 Å². The van der Waals surface area contributed by atoms with Crippen molar-refractivity contribution >= 4 is 18.0 Å². The summed E-state index contributed by atoms with van der Waals surface area (Å²) in [4.78, 5) is 35.1. The Balaban J connectivity index is 1.37. The molecule has 0 bridgehead atoms.